The molecule has 0 aromatic heterocycles. The summed E-state index contributed by atoms with van der Waals surface area (Å²) in [5.74, 6) is -4.30. The van der Waals surface area contributed by atoms with Gasteiger partial charge in [0.15, 0.2) is 23.0 Å². The summed E-state index contributed by atoms with van der Waals surface area (Å²) >= 11 is 0. The second-order valence-corrected chi connectivity index (χ2v) is 6.94. The number of benzene rings is 2. The first-order valence-electron chi connectivity index (χ1n) is 9.47. The highest BCUT2D eigenvalue weighted by Gasteiger charge is 2.40. The maximum absolute atomic E-state index is 12.7. The maximum atomic E-state index is 12.7. The normalized spacial score (nSPS) is 13.7. The monoisotopic (exact) mass is 502 g/mol. The van der Waals surface area contributed by atoms with Gasteiger partial charge < -0.3 is 41.3 Å². The first-order valence-corrected chi connectivity index (χ1v) is 9.47. The van der Waals surface area contributed by atoms with Gasteiger partial charge in [0.25, 0.3) is 0 Å². The number of phenols is 4. The van der Waals surface area contributed by atoms with Crippen LogP contribution in [-0.2, 0) is 12.4 Å². The van der Waals surface area contributed by atoms with Crippen LogP contribution in [0.15, 0.2) is 24.3 Å². The number of aromatic hydroxyl groups is 4. The Hall–Kier alpha value is -2.94. The fraction of sp³-hybridized carbons (Fsp3) is 0.400. The summed E-state index contributed by atoms with van der Waals surface area (Å²) < 4.78 is 76.1. The van der Waals surface area contributed by atoms with Crippen molar-refractivity contribution in [3.63, 3.8) is 0 Å². The first kappa shape index (κ1) is 29.1. The lowest BCUT2D eigenvalue weighted by Crippen LogP contribution is -2.20. The summed E-state index contributed by atoms with van der Waals surface area (Å²) in [5.41, 5.74) is -3.80. The molecule has 0 radical (unpaired) electrons. The van der Waals surface area contributed by atoms with E-state index in [0.717, 1.165) is 24.3 Å². The Bertz CT molecular complexity index is 891. The van der Waals surface area contributed by atoms with Gasteiger partial charge in [0.2, 0.25) is 0 Å². The van der Waals surface area contributed by atoms with Crippen LogP contribution in [0, 0.1) is 0 Å². The van der Waals surface area contributed by atoms with Gasteiger partial charge in [-0.2, -0.15) is 26.3 Å². The van der Waals surface area contributed by atoms with E-state index in [1.54, 1.807) is 0 Å². The molecular formula is C20H24F6N2O6. The van der Waals surface area contributed by atoms with Crippen LogP contribution in [0.5, 0.6) is 23.0 Å². The van der Waals surface area contributed by atoms with Crippen molar-refractivity contribution < 1.29 is 57.0 Å². The van der Waals surface area contributed by atoms with Crippen LogP contribution in [-0.4, -0.2) is 57.8 Å². The summed E-state index contributed by atoms with van der Waals surface area (Å²) in [6.45, 7) is -0.208. The molecule has 0 aliphatic carbocycles. The van der Waals surface area contributed by atoms with Gasteiger partial charge in [-0.05, 0) is 37.4 Å². The molecule has 0 spiro atoms. The van der Waals surface area contributed by atoms with Gasteiger partial charge in [0, 0.05) is 13.1 Å². The lowest BCUT2D eigenvalue weighted by atomic mass is 10.00. The molecule has 192 valence electrons. The lowest BCUT2D eigenvalue weighted by molar-refractivity contribution is -0.141. The van der Waals surface area contributed by atoms with Crippen LogP contribution in [0.3, 0.4) is 0 Å². The average molecular weight is 502 g/mol. The van der Waals surface area contributed by atoms with Gasteiger partial charge in [-0.3, -0.25) is 0 Å². The van der Waals surface area contributed by atoms with E-state index in [2.05, 4.69) is 10.6 Å². The van der Waals surface area contributed by atoms with Gasteiger partial charge in [0.1, 0.15) is 11.1 Å². The van der Waals surface area contributed by atoms with Crippen LogP contribution in [0.25, 0.3) is 0 Å². The minimum absolute atomic E-state index is 0.104. The van der Waals surface area contributed by atoms with Crippen molar-refractivity contribution in [1.82, 2.24) is 10.6 Å². The Labute approximate surface area is 189 Å². The molecule has 8 N–H and O–H groups in total. The number of alkyl halides is 6. The third kappa shape index (κ3) is 7.03. The second kappa shape index (κ2) is 11.5. The van der Waals surface area contributed by atoms with Gasteiger partial charge in [-0.15, -0.1) is 0 Å². The predicted molar refractivity (Wildman–Crippen MR) is 107 cm³/mol. The molecule has 0 heterocycles. The summed E-state index contributed by atoms with van der Waals surface area (Å²) in [6.07, 6.45) is -12.6. The molecular weight excluding hydrogens is 478 g/mol. The second-order valence-electron chi connectivity index (χ2n) is 6.94. The smallest absolute Gasteiger partial charge is 0.420 e. The Morgan fingerprint density at radius 3 is 1.18 bits per heavy atom. The van der Waals surface area contributed by atoms with Gasteiger partial charge in [-0.25, -0.2) is 0 Å². The van der Waals surface area contributed by atoms with Crippen LogP contribution in [0.2, 0.25) is 0 Å². The molecule has 8 nitrogen and oxygen atoms in total. The number of halogens is 6. The van der Waals surface area contributed by atoms with E-state index in [9.17, 15) is 46.8 Å². The number of phenolic OH excluding ortho intramolecular Hbond substituents is 4. The van der Waals surface area contributed by atoms with Crippen LogP contribution in [0.4, 0.5) is 26.3 Å². The molecule has 34 heavy (non-hydrogen) atoms. The van der Waals surface area contributed by atoms with Crippen molar-refractivity contribution in [2.24, 2.45) is 0 Å². The molecule has 14 heteroatoms. The van der Waals surface area contributed by atoms with Crippen molar-refractivity contribution in [2.75, 3.05) is 27.2 Å². The number of nitrogens with one attached hydrogen (secondary N) is 2. The third-order valence-electron chi connectivity index (χ3n) is 4.46. The Kier molecular flexibility index (Phi) is 9.81. The molecule has 0 aliphatic rings. The van der Waals surface area contributed by atoms with Crippen LogP contribution < -0.4 is 10.6 Å². The molecule has 0 saturated heterocycles. The highest BCUT2D eigenvalue weighted by atomic mass is 19.4. The highest BCUT2D eigenvalue weighted by molar-refractivity contribution is 5.52. The Morgan fingerprint density at radius 2 is 0.941 bits per heavy atom. The van der Waals surface area contributed by atoms with Crippen molar-refractivity contribution >= 4 is 0 Å². The number of aliphatic hydroxyl groups is 2. The van der Waals surface area contributed by atoms with E-state index in [-0.39, 0.29) is 13.1 Å². The molecule has 0 fully saturated rings. The quantitative estimate of drug-likeness (QED) is 0.222. The maximum Gasteiger partial charge on any atom is 0.420 e. The van der Waals surface area contributed by atoms with Gasteiger partial charge >= 0.3 is 12.4 Å². The van der Waals surface area contributed by atoms with Gasteiger partial charge in [0.05, 0.1) is 12.2 Å². The third-order valence-corrected chi connectivity index (χ3v) is 4.46. The summed E-state index contributed by atoms with van der Waals surface area (Å²) in [7, 11) is 2.94. The van der Waals surface area contributed by atoms with Crippen molar-refractivity contribution in [1.29, 1.82) is 0 Å². The fourth-order valence-corrected chi connectivity index (χ4v) is 2.95. The SMILES string of the molecule is CNC[C@@H](O)c1ccc(O)c(O)c1C(F)(F)F.CNC[C@H](O)c1ccc(O)c(O)c1C(F)(F)F. The number of hydrogen-bond donors (Lipinski definition) is 8. The zero-order valence-corrected chi connectivity index (χ0v) is 17.8. The van der Waals surface area contributed by atoms with E-state index < -0.39 is 69.8 Å². The average Bonchev–Trinajstić information content (AvgIpc) is 2.70. The zero-order chi connectivity index (χ0) is 26.4. The standard InChI is InChI=1S/2C10H12F3NO3/c2*1-14-4-7(16)5-2-3-6(15)9(17)8(5)10(11,12)13/h2*2-3,7,14-17H,4H2,1H3/t2*7-/m10/s1. The molecule has 2 aromatic rings. The number of aliphatic hydroxyl groups excluding tert-OH is 2. The predicted octanol–water partition coefficient (Wildman–Crippen LogP) is 2.74. The topological polar surface area (TPSA) is 145 Å². The van der Waals surface area contributed by atoms with Gasteiger partial charge in [-0.1, -0.05) is 12.1 Å². The molecule has 0 bridgehead atoms. The Morgan fingerprint density at radius 1 is 0.647 bits per heavy atom. The van der Waals surface area contributed by atoms with E-state index in [0.29, 0.717) is 0 Å². The molecule has 2 rings (SSSR count). The minimum atomic E-state index is -4.85. The first-order chi connectivity index (χ1) is 15.6. The molecule has 0 saturated carbocycles. The number of hydrogen-bond acceptors (Lipinski definition) is 8. The lowest BCUT2D eigenvalue weighted by Gasteiger charge is -2.18. The van der Waals surface area contributed by atoms with Crippen LogP contribution >= 0.6 is 0 Å². The molecule has 0 aliphatic heterocycles. The largest absolute Gasteiger partial charge is 0.504 e. The minimum Gasteiger partial charge on any atom is -0.504 e. The molecule has 2 aromatic carbocycles. The molecule has 0 unspecified atom stereocenters. The number of likely N-dealkylation sites (N-methyl/N-ethyl adjacent to an activating group) is 2. The zero-order valence-electron chi connectivity index (χ0n) is 17.8. The summed E-state index contributed by atoms with van der Waals surface area (Å²) in [6, 6.07) is 3.66. The molecule has 2 atom stereocenters. The van der Waals surface area contributed by atoms with Crippen LogP contribution in [0.1, 0.15) is 34.5 Å². The van der Waals surface area contributed by atoms with Crippen molar-refractivity contribution in [3.05, 3.63) is 46.5 Å². The highest BCUT2D eigenvalue weighted by Crippen LogP contribution is 2.45. The Balaban J connectivity index is 0.000000340. The van der Waals surface area contributed by atoms with E-state index in [1.807, 2.05) is 0 Å². The number of rotatable bonds is 6. The molecule has 0 amide bonds. The summed E-state index contributed by atoms with van der Waals surface area (Å²) in [4.78, 5) is 0. The van der Waals surface area contributed by atoms with E-state index >= 15 is 0 Å². The van der Waals surface area contributed by atoms with Crippen molar-refractivity contribution in [3.8, 4) is 23.0 Å². The van der Waals surface area contributed by atoms with Crippen molar-refractivity contribution in [2.45, 2.75) is 24.6 Å². The van der Waals surface area contributed by atoms with E-state index in [4.69, 9.17) is 10.2 Å². The summed E-state index contributed by atoms with van der Waals surface area (Å²) in [5, 5.41) is 60.6. The fourth-order valence-electron chi connectivity index (χ4n) is 2.95. The van der Waals surface area contributed by atoms with E-state index in [1.165, 1.54) is 14.1 Å².